The largest absolute Gasteiger partial charge is 0.456 e. The standard InChI is InChI=1S/C45H27N3OS/c1-3-10-28(11-4-1)32-23-25-39-38(26-32)35-24-22-33(27-40(35)49-39)45-47-43(30-12-5-2-6-13-30)46-44(48-45)31-20-18-29(19-21-31)34-15-9-16-37-36-14-7-8-17-41(36)50-42(34)37/h1-27H/i2D,5D,6D,12D,13D. The number of hydrogen-bond acceptors (Lipinski definition) is 5. The van der Waals surface area contributed by atoms with Crippen molar-refractivity contribution < 1.29 is 11.3 Å². The summed E-state index contributed by atoms with van der Waals surface area (Å²) >= 11 is 1.77. The van der Waals surface area contributed by atoms with Crippen molar-refractivity contribution in [2.45, 2.75) is 0 Å². The van der Waals surface area contributed by atoms with Crippen LogP contribution in [-0.2, 0) is 0 Å². The molecule has 0 aliphatic carbocycles. The monoisotopic (exact) mass is 662 g/mol. The molecule has 3 aromatic heterocycles. The molecule has 0 atom stereocenters. The fourth-order valence-electron chi connectivity index (χ4n) is 6.61. The number of hydrogen-bond donors (Lipinski definition) is 0. The zero-order chi connectivity index (χ0) is 37.4. The van der Waals surface area contributed by atoms with Gasteiger partial charge in [0, 0.05) is 47.6 Å². The normalized spacial score (nSPS) is 13.0. The number of aromatic nitrogens is 3. The van der Waals surface area contributed by atoms with Crippen molar-refractivity contribution in [3.05, 3.63) is 164 Å². The zero-order valence-electron chi connectivity index (χ0n) is 31.4. The highest BCUT2D eigenvalue weighted by atomic mass is 32.1. The van der Waals surface area contributed by atoms with Gasteiger partial charge in [-0.05, 0) is 52.6 Å². The van der Waals surface area contributed by atoms with Gasteiger partial charge in [-0.3, -0.25) is 0 Å². The minimum Gasteiger partial charge on any atom is -0.456 e. The predicted molar refractivity (Wildman–Crippen MR) is 207 cm³/mol. The molecule has 0 bridgehead atoms. The smallest absolute Gasteiger partial charge is 0.164 e. The molecule has 0 unspecified atom stereocenters. The van der Waals surface area contributed by atoms with Crippen molar-refractivity contribution in [1.82, 2.24) is 15.0 Å². The van der Waals surface area contributed by atoms with E-state index in [0.717, 1.165) is 38.6 Å². The summed E-state index contributed by atoms with van der Waals surface area (Å²) in [6.45, 7) is 0. The lowest BCUT2D eigenvalue weighted by Gasteiger charge is -2.09. The number of furan rings is 1. The molecule has 0 aliphatic rings. The maximum absolute atomic E-state index is 8.71. The van der Waals surface area contributed by atoms with Crippen LogP contribution in [-0.4, -0.2) is 15.0 Å². The molecule has 0 saturated carbocycles. The number of fused-ring (bicyclic) bond motifs is 6. The van der Waals surface area contributed by atoms with E-state index >= 15 is 0 Å². The van der Waals surface area contributed by atoms with Crippen LogP contribution < -0.4 is 0 Å². The van der Waals surface area contributed by atoms with Gasteiger partial charge >= 0.3 is 0 Å². The lowest BCUT2D eigenvalue weighted by atomic mass is 10.0. The van der Waals surface area contributed by atoms with E-state index in [1.165, 1.54) is 20.2 Å². The molecule has 0 fully saturated rings. The summed E-state index contributed by atoms with van der Waals surface area (Å²) in [7, 11) is 0. The number of thiophene rings is 1. The third-order valence-corrected chi connectivity index (χ3v) is 10.3. The van der Waals surface area contributed by atoms with Crippen LogP contribution in [0.4, 0.5) is 0 Å². The van der Waals surface area contributed by atoms with E-state index in [1.54, 1.807) is 11.3 Å². The Hall–Kier alpha value is -6.43. The summed E-state index contributed by atoms with van der Waals surface area (Å²) in [6.07, 6.45) is 0. The zero-order valence-corrected chi connectivity index (χ0v) is 27.2. The number of benzene rings is 7. The first-order valence-corrected chi connectivity index (χ1v) is 17.0. The maximum Gasteiger partial charge on any atom is 0.164 e. The highest BCUT2D eigenvalue weighted by Gasteiger charge is 2.16. The molecule has 0 spiro atoms. The average Bonchev–Trinajstić information content (AvgIpc) is 3.80. The molecule has 50 heavy (non-hydrogen) atoms. The van der Waals surface area contributed by atoms with E-state index in [-0.39, 0.29) is 29.3 Å². The van der Waals surface area contributed by atoms with E-state index < -0.39 is 18.1 Å². The van der Waals surface area contributed by atoms with Crippen LogP contribution in [0.1, 0.15) is 6.85 Å². The van der Waals surface area contributed by atoms with Gasteiger partial charge in [0.05, 0.1) is 6.85 Å². The molecule has 0 radical (unpaired) electrons. The van der Waals surface area contributed by atoms with Crippen LogP contribution in [0.15, 0.2) is 168 Å². The lowest BCUT2D eigenvalue weighted by Crippen LogP contribution is -2.00. The lowest BCUT2D eigenvalue weighted by molar-refractivity contribution is 0.669. The SMILES string of the molecule is [2H]c1c([2H])c([2H])c(-c2nc(-c3ccc(-c4cccc5c4sc4ccccc45)cc3)nc(-c3ccc4c(c3)oc3ccc(-c5ccccc5)cc34)n2)c([2H])c1[2H]. The topological polar surface area (TPSA) is 51.8 Å². The molecule has 5 heteroatoms. The molecule has 7 aromatic carbocycles. The minimum atomic E-state index is -0.483. The van der Waals surface area contributed by atoms with Gasteiger partial charge in [-0.15, -0.1) is 11.3 Å². The minimum absolute atomic E-state index is 0.0201. The van der Waals surface area contributed by atoms with Gasteiger partial charge in [0.25, 0.3) is 0 Å². The van der Waals surface area contributed by atoms with Crippen LogP contribution in [0.3, 0.4) is 0 Å². The second-order valence-electron chi connectivity index (χ2n) is 12.1. The summed E-state index contributed by atoms with van der Waals surface area (Å²) < 4.78 is 51.0. The molecule has 0 amide bonds. The molecule has 0 aliphatic heterocycles. The van der Waals surface area contributed by atoms with E-state index in [9.17, 15) is 0 Å². The number of rotatable bonds is 5. The molecule has 234 valence electrons. The Labute approximate surface area is 299 Å². The Kier molecular flexibility index (Phi) is 5.54. The van der Waals surface area contributed by atoms with Crippen LogP contribution in [0.2, 0.25) is 0 Å². The fraction of sp³-hybridized carbons (Fsp3) is 0. The Balaban J connectivity index is 1.11. The van der Waals surface area contributed by atoms with Crippen molar-refractivity contribution in [3.63, 3.8) is 0 Å². The second-order valence-corrected chi connectivity index (χ2v) is 13.1. The van der Waals surface area contributed by atoms with Crippen molar-refractivity contribution in [2.75, 3.05) is 0 Å². The molecule has 4 nitrogen and oxygen atoms in total. The molecule has 10 rings (SSSR count). The van der Waals surface area contributed by atoms with Gasteiger partial charge in [0.15, 0.2) is 17.5 Å². The first-order chi connectivity index (χ1) is 26.8. The summed E-state index contributed by atoms with van der Waals surface area (Å²) in [4.78, 5) is 14.4. The summed E-state index contributed by atoms with van der Waals surface area (Å²) in [5, 5.41) is 4.36. The molecule has 10 aromatic rings. The molecular formula is C45H27N3OS. The van der Waals surface area contributed by atoms with Crippen LogP contribution in [0, 0.1) is 0 Å². The van der Waals surface area contributed by atoms with E-state index in [1.807, 2.05) is 72.8 Å². The average molecular weight is 663 g/mol. The highest BCUT2D eigenvalue weighted by molar-refractivity contribution is 7.26. The van der Waals surface area contributed by atoms with Gasteiger partial charge < -0.3 is 4.42 Å². The van der Waals surface area contributed by atoms with E-state index in [0.29, 0.717) is 22.5 Å². The maximum atomic E-state index is 8.71. The van der Waals surface area contributed by atoms with Gasteiger partial charge in [-0.1, -0.05) is 133 Å². The fourth-order valence-corrected chi connectivity index (χ4v) is 7.85. The third-order valence-electron chi connectivity index (χ3n) is 9.05. The summed E-state index contributed by atoms with van der Waals surface area (Å²) in [6, 6.07) is 42.6. The summed E-state index contributed by atoms with van der Waals surface area (Å²) in [5.41, 5.74) is 6.95. The van der Waals surface area contributed by atoms with Crippen molar-refractivity contribution >= 4 is 53.4 Å². The van der Waals surface area contributed by atoms with Gasteiger partial charge in [-0.25, -0.2) is 15.0 Å². The van der Waals surface area contributed by atoms with Crippen LogP contribution >= 0.6 is 11.3 Å². The highest BCUT2D eigenvalue weighted by Crippen LogP contribution is 2.40. The first kappa shape index (κ1) is 23.8. The van der Waals surface area contributed by atoms with E-state index in [2.05, 4.69) is 60.7 Å². The van der Waals surface area contributed by atoms with E-state index in [4.69, 9.17) is 26.2 Å². The van der Waals surface area contributed by atoms with Crippen molar-refractivity contribution in [2.24, 2.45) is 0 Å². The van der Waals surface area contributed by atoms with Gasteiger partial charge in [0.2, 0.25) is 0 Å². The molecule has 0 saturated heterocycles. The van der Waals surface area contributed by atoms with Crippen molar-refractivity contribution in [1.29, 1.82) is 0 Å². The second kappa shape index (κ2) is 11.6. The first-order valence-electron chi connectivity index (χ1n) is 18.7. The number of nitrogens with zero attached hydrogens (tertiary/aromatic N) is 3. The Morgan fingerprint density at radius 3 is 1.96 bits per heavy atom. The van der Waals surface area contributed by atoms with Gasteiger partial charge in [0.1, 0.15) is 11.2 Å². The quantitative estimate of drug-likeness (QED) is 0.184. The third kappa shape index (κ3) is 4.87. The van der Waals surface area contributed by atoms with Crippen LogP contribution in [0.25, 0.3) is 98.5 Å². The van der Waals surface area contributed by atoms with Gasteiger partial charge in [-0.2, -0.15) is 0 Å². The van der Waals surface area contributed by atoms with Crippen LogP contribution in [0.5, 0.6) is 0 Å². The molecule has 3 heterocycles. The molecular weight excluding hydrogens is 631 g/mol. The predicted octanol–water partition coefficient (Wildman–Crippen LogP) is 12.5. The Morgan fingerprint density at radius 1 is 0.440 bits per heavy atom. The molecule has 0 N–H and O–H groups in total. The Morgan fingerprint density at radius 2 is 1.12 bits per heavy atom. The Bertz CT molecular complexity index is 3130. The van der Waals surface area contributed by atoms with Crippen molar-refractivity contribution in [3.8, 4) is 56.4 Å². The summed E-state index contributed by atoms with van der Waals surface area (Å²) in [5.74, 6) is 0.558.